The second kappa shape index (κ2) is 6.17. The zero-order chi connectivity index (χ0) is 14.7. The van der Waals surface area contributed by atoms with Gasteiger partial charge in [-0.2, -0.15) is 5.26 Å². The van der Waals surface area contributed by atoms with E-state index >= 15 is 0 Å². The Bertz CT molecular complexity index is 496. The minimum Gasteiger partial charge on any atom is -0.381 e. The molecule has 2 fully saturated rings. The van der Waals surface area contributed by atoms with Crippen LogP contribution < -0.4 is 5.32 Å². The number of rotatable bonds is 4. The van der Waals surface area contributed by atoms with Crippen LogP contribution in [0.2, 0.25) is 0 Å². The Hall–Kier alpha value is -1.37. The zero-order valence-electron chi connectivity index (χ0n) is 12.7. The molecule has 1 atom stereocenters. The molecule has 1 aromatic rings. The van der Waals surface area contributed by atoms with Crippen LogP contribution in [-0.2, 0) is 10.2 Å². The molecule has 1 N–H and O–H groups in total. The van der Waals surface area contributed by atoms with Crippen molar-refractivity contribution in [3.63, 3.8) is 0 Å². The lowest BCUT2D eigenvalue weighted by molar-refractivity contribution is 0.0505. The fourth-order valence-electron chi connectivity index (χ4n) is 3.77. The van der Waals surface area contributed by atoms with Gasteiger partial charge in [0.15, 0.2) is 0 Å². The molecule has 0 spiro atoms. The maximum atomic E-state index is 9.60. The monoisotopic (exact) mass is 284 g/mol. The molecule has 1 aromatic carbocycles. The fraction of sp³-hybridized carbons (Fsp3) is 0.611. The van der Waals surface area contributed by atoms with Crippen LogP contribution in [0.5, 0.6) is 0 Å². The predicted octanol–water partition coefficient (Wildman–Crippen LogP) is 3.02. The summed E-state index contributed by atoms with van der Waals surface area (Å²) in [7, 11) is 0. The first-order valence-electron chi connectivity index (χ1n) is 8.04. The van der Waals surface area contributed by atoms with Crippen molar-refractivity contribution in [2.45, 2.75) is 50.1 Å². The van der Waals surface area contributed by atoms with Crippen LogP contribution in [0.1, 0.15) is 38.2 Å². The summed E-state index contributed by atoms with van der Waals surface area (Å²) in [5.41, 5.74) is 0.901. The van der Waals surface area contributed by atoms with E-state index in [1.165, 1.54) is 5.56 Å². The summed E-state index contributed by atoms with van der Waals surface area (Å²) < 4.78 is 5.43. The molecule has 3 rings (SSSR count). The summed E-state index contributed by atoms with van der Waals surface area (Å²) in [5.74, 6) is 0.715. The lowest BCUT2D eigenvalue weighted by Crippen LogP contribution is -2.54. The summed E-state index contributed by atoms with van der Waals surface area (Å²) >= 11 is 0. The van der Waals surface area contributed by atoms with Gasteiger partial charge in [0, 0.05) is 25.3 Å². The molecule has 1 heterocycles. The molecule has 0 radical (unpaired) electrons. The molecule has 2 aliphatic rings. The third kappa shape index (κ3) is 2.97. The zero-order valence-corrected chi connectivity index (χ0v) is 12.7. The number of ether oxygens (including phenoxy) is 1. The summed E-state index contributed by atoms with van der Waals surface area (Å²) in [6, 6.07) is 13.8. The van der Waals surface area contributed by atoms with Gasteiger partial charge in [0.25, 0.3) is 0 Å². The molecule has 1 unspecified atom stereocenters. The van der Waals surface area contributed by atoms with Gasteiger partial charge in [0.05, 0.1) is 11.5 Å². The van der Waals surface area contributed by atoms with Gasteiger partial charge in [-0.25, -0.2) is 0 Å². The molecule has 1 saturated heterocycles. The molecule has 1 aliphatic carbocycles. The van der Waals surface area contributed by atoms with Gasteiger partial charge in [-0.1, -0.05) is 30.3 Å². The number of nitrogens with zero attached hydrogens (tertiary/aromatic N) is 1. The Kier molecular flexibility index (Phi) is 4.28. The van der Waals surface area contributed by atoms with E-state index in [-0.39, 0.29) is 5.41 Å². The third-order valence-corrected chi connectivity index (χ3v) is 5.20. The van der Waals surface area contributed by atoms with E-state index in [0.717, 1.165) is 38.9 Å². The highest BCUT2D eigenvalue weighted by Gasteiger charge is 2.46. The topological polar surface area (TPSA) is 45.0 Å². The van der Waals surface area contributed by atoms with Gasteiger partial charge >= 0.3 is 0 Å². The quantitative estimate of drug-likeness (QED) is 0.924. The highest BCUT2D eigenvalue weighted by atomic mass is 16.5. The van der Waals surface area contributed by atoms with Gasteiger partial charge in [-0.15, -0.1) is 0 Å². The first-order chi connectivity index (χ1) is 10.2. The Labute approximate surface area is 127 Å². The summed E-state index contributed by atoms with van der Waals surface area (Å²) in [6.07, 6.45) is 4.17. The van der Waals surface area contributed by atoms with E-state index in [0.29, 0.717) is 18.0 Å². The molecule has 0 bridgehead atoms. The van der Waals surface area contributed by atoms with Crippen LogP contribution in [0, 0.1) is 17.2 Å². The Morgan fingerprint density at radius 3 is 2.52 bits per heavy atom. The van der Waals surface area contributed by atoms with E-state index in [1.807, 2.05) is 18.2 Å². The number of nitriles is 1. The summed E-state index contributed by atoms with van der Waals surface area (Å²) in [6.45, 7) is 4.08. The Morgan fingerprint density at radius 2 is 1.90 bits per heavy atom. The van der Waals surface area contributed by atoms with E-state index in [2.05, 4.69) is 30.4 Å². The molecule has 0 aromatic heterocycles. The van der Waals surface area contributed by atoms with E-state index in [4.69, 9.17) is 4.74 Å². The number of hydrogen-bond donors (Lipinski definition) is 1. The number of benzene rings is 1. The predicted molar refractivity (Wildman–Crippen MR) is 82.9 cm³/mol. The Morgan fingerprint density at radius 1 is 1.24 bits per heavy atom. The van der Waals surface area contributed by atoms with Gasteiger partial charge in [0.1, 0.15) is 0 Å². The van der Waals surface area contributed by atoms with Crippen molar-refractivity contribution in [3.05, 3.63) is 35.9 Å². The minimum atomic E-state index is -0.270. The van der Waals surface area contributed by atoms with Crippen molar-refractivity contribution in [2.24, 2.45) is 5.92 Å². The normalized spacial score (nSPS) is 31.1. The Balaban J connectivity index is 1.56. The van der Waals surface area contributed by atoms with Crippen molar-refractivity contribution in [1.29, 1.82) is 5.26 Å². The highest BCUT2D eigenvalue weighted by molar-refractivity contribution is 5.36. The second-order valence-corrected chi connectivity index (χ2v) is 6.57. The molecular weight excluding hydrogens is 260 g/mol. The number of nitrogens with one attached hydrogen (secondary N) is 1. The van der Waals surface area contributed by atoms with Crippen LogP contribution in [0.15, 0.2) is 30.3 Å². The van der Waals surface area contributed by atoms with Crippen LogP contribution in [-0.4, -0.2) is 25.3 Å². The first-order valence-corrected chi connectivity index (χ1v) is 8.04. The smallest absolute Gasteiger partial charge is 0.0852 e. The molecule has 1 aliphatic heterocycles. The fourth-order valence-corrected chi connectivity index (χ4v) is 3.77. The van der Waals surface area contributed by atoms with E-state index in [1.54, 1.807) is 0 Å². The van der Waals surface area contributed by atoms with Gasteiger partial charge in [-0.05, 0) is 44.1 Å². The summed E-state index contributed by atoms with van der Waals surface area (Å²) in [4.78, 5) is 0. The van der Waals surface area contributed by atoms with Crippen LogP contribution in [0.3, 0.4) is 0 Å². The van der Waals surface area contributed by atoms with Gasteiger partial charge in [-0.3, -0.25) is 0 Å². The molecule has 3 heteroatoms. The highest BCUT2D eigenvalue weighted by Crippen LogP contribution is 2.43. The molecule has 0 amide bonds. The second-order valence-electron chi connectivity index (χ2n) is 6.57. The van der Waals surface area contributed by atoms with E-state index in [9.17, 15) is 5.26 Å². The number of hydrogen-bond acceptors (Lipinski definition) is 3. The van der Waals surface area contributed by atoms with Crippen molar-refractivity contribution in [2.75, 3.05) is 13.2 Å². The van der Waals surface area contributed by atoms with Crippen LogP contribution in [0.4, 0.5) is 0 Å². The lowest BCUT2D eigenvalue weighted by Gasteiger charge is -2.45. The van der Waals surface area contributed by atoms with Crippen LogP contribution in [0.25, 0.3) is 0 Å². The average Bonchev–Trinajstić information content (AvgIpc) is 2.52. The van der Waals surface area contributed by atoms with Gasteiger partial charge in [0.2, 0.25) is 0 Å². The molecular formula is C18H24N2O. The SMILES string of the molecule is CC(NC1CC(C#N)(c2ccccc2)C1)C1CCOCC1. The van der Waals surface area contributed by atoms with Crippen molar-refractivity contribution in [1.82, 2.24) is 5.32 Å². The first kappa shape index (κ1) is 14.6. The van der Waals surface area contributed by atoms with Gasteiger partial charge < -0.3 is 10.1 Å². The molecule has 21 heavy (non-hydrogen) atoms. The van der Waals surface area contributed by atoms with Crippen molar-refractivity contribution >= 4 is 0 Å². The van der Waals surface area contributed by atoms with Crippen LogP contribution >= 0.6 is 0 Å². The maximum Gasteiger partial charge on any atom is 0.0852 e. The standard InChI is InChI=1S/C18H24N2O/c1-14(15-7-9-21-10-8-15)20-17-11-18(12-17,13-19)16-5-3-2-4-6-16/h2-6,14-15,17,20H,7-12H2,1H3. The minimum absolute atomic E-state index is 0.270. The van der Waals surface area contributed by atoms with Crippen molar-refractivity contribution in [3.8, 4) is 6.07 Å². The lowest BCUT2D eigenvalue weighted by atomic mass is 9.62. The third-order valence-electron chi connectivity index (χ3n) is 5.20. The molecule has 3 nitrogen and oxygen atoms in total. The maximum absolute atomic E-state index is 9.60. The average molecular weight is 284 g/mol. The molecule has 112 valence electrons. The van der Waals surface area contributed by atoms with E-state index < -0.39 is 0 Å². The largest absolute Gasteiger partial charge is 0.381 e. The van der Waals surface area contributed by atoms with Crippen molar-refractivity contribution < 1.29 is 4.74 Å². The summed E-state index contributed by atoms with van der Waals surface area (Å²) in [5, 5.41) is 13.3. The molecule has 1 saturated carbocycles.